The van der Waals surface area contributed by atoms with Gasteiger partial charge in [0.05, 0.1) is 28.8 Å². The first-order valence-corrected chi connectivity index (χ1v) is 13.6. The van der Waals surface area contributed by atoms with Crippen LogP contribution in [0.2, 0.25) is 5.02 Å². The molecule has 5 rings (SSSR count). The Labute approximate surface area is 237 Å². The molecule has 14 heteroatoms. The van der Waals surface area contributed by atoms with Crippen LogP contribution in [0.25, 0.3) is 10.9 Å². The van der Waals surface area contributed by atoms with Crippen molar-refractivity contribution in [2.24, 2.45) is 0 Å². The Morgan fingerprint density at radius 1 is 1.05 bits per heavy atom. The number of carbonyl (C=O) groups is 1. The minimum Gasteiger partial charge on any atom is -0.380 e. The summed E-state index contributed by atoms with van der Waals surface area (Å²) in [6, 6.07) is 6.16. The third kappa shape index (κ3) is 6.84. The lowest BCUT2D eigenvalue weighted by atomic mass is 10.0. The monoisotopic (exact) mass is 598 g/mol. The van der Waals surface area contributed by atoms with Crippen LogP contribution in [0, 0.1) is 0 Å². The van der Waals surface area contributed by atoms with Gasteiger partial charge in [0, 0.05) is 75.5 Å². The number of benzene rings is 1. The van der Waals surface area contributed by atoms with Crippen molar-refractivity contribution >= 4 is 34.2 Å². The number of hydrogen-bond acceptors (Lipinski definition) is 7. The summed E-state index contributed by atoms with van der Waals surface area (Å²) in [5.41, 5.74) is 1.02. The summed E-state index contributed by atoms with van der Waals surface area (Å²) in [5.74, 6) is -3.92. The third-order valence-electron chi connectivity index (χ3n) is 7.32. The number of hydrogen-bond donors (Lipinski definition) is 1. The number of ether oxygens (including phenoxy) is 1. The number of rotatable bonds is 6. The van der Waals surface area contributed by atoms with Crippen LogP contribution in [-0.4, -0.2) is 77.6 Å². The average molecular weight is 599 g/mol. The lowest BCUT2D eigenvalue weighted by Crippen LogP contribution is -2.45. The average Bonchev–Trinajstić information content (AvgIpc) is 3.23. The van der Waals surface area contributed by atoms with Crippen LogP contribution in [0.4, 0.5) is 27.8 Å². The SMILES string of the molecule is O=C(NCC(c1cnc(C(F)(F)F)nc1)N1CCC(F)(F)CC1)c1c(Cl)ccc2nc(N3CCCOCC3)ccc12. The van der Waals surface area contributed by atoms with Gasteiger partial charge in [0.25, 0.3) is 11.8 Å². The van der Waals surface area contributed by atoms with Gasteiger partial charge in [0.15, 0.2) is 0 Å². The topological polar surface area (TPSA) is 83.5 Å². The summed E-state index contributed by atoms with van der Waals surface area (Å²) >= 11 is 6.44. The van der Waals surface area contributed by atoms with Crippen LogP contribution in [0.3, 0.4) is 0 Å². The zero-order valence-electron chi connectivity index (χ0n) is 21.9. The molecule has 0 radical (unpaired) electrons. The molecule has 2 saturated heterocycles. The van der Waals surface area contributed by atoms with Gasteiger partial charge in [-0.05, 0) is 30.7 Å². The first-order valence-electron chi connectivity index (χ1n) is 13.2. The zero-order valence-corrected chi connectivity index (χ0v) is 22.7. The van der Waals surface area contributed by atoms with Crippen molar-refractivity contribution in [1.29, 1.82) is 0 Å². The highest BCUT2D eigenvalue weighted by atomic mass is 35.5. The lowest BCUT2D eigenvalue weighted by Gasteiger charge is -2.37. The summed E-state index contributed by atoms with van der Waals surface area (Å²) in [5, 5.41) is 3.51. The number of anilines is 1. The van der Waals surface area contributed by atoms with E-state index in [2.05, 4.69) is 20.2 Å². The van der Waals surface area contributed by atoms with Gasteiger partial charge in [-0.3, -0.25) is 9.69 Å². The number of carbonyl (C=O) groups excluding carboxylic acids is 1. The largest absolute Gasteiger partial charge is 0.451 e. The number of halogens is 6. The van der Waals surface area contributed by atoms with E-state index < -0.39 is 42.7 Å². The van der Waals surface area contributed by atoms with E-state index in [-0.39, 0.29) is 35.8 Å². The van der Waals surface area contributed by atoms with Gasteiger partial charge in [-0.2, -0.15) is 13.2 Å². The molecule has 3 aromatic rings. The number of piperidine rings is 1. The second-order valence-corrected chi connectivity index (χ2v) is 10.5. The van der Waals surface area contributed by atoms with E-state index in [0.29, 0.717) is 30.7 Å². The number of nitrogens with one attached hydrogen (secondary N) is 1. The quantitative estimate of drug-likeness (QED) is 0.394. The van der Waals surface area contributed by atoms with E-state index in [1.807, 2.05) is 6.07 Å². The zero-order chi connectivity index (χ0) is 29.2. The Kier molecular flexibility index (Phi) is 8.57. The molecule has 1 amide bonds. The van der Waals surface area contributed by atoms with Crippen molar-refractivity contribution in [2.45, 2.75) is 37.4 Å². The van der Waals surface area contributed by atoms with Crippen molar-refractivity contribution in [1.82, 2.24) is 25.2 Å². The molecule has 2 aliphatic rings. The molecule has 2 aliphatic heterocycles. The molecular weight excluding hydrogens is 571 g/mol. The van der Waals surface area contributed by atoms with Gasteiger partial charge < -0.3 is 15.0 Å². The number of alkyl halides is 5. The van der Waals surface area contributed by atoms with E-state index in [4.69, 9.17) is 21.3 Å². The second kappa shape index (κ2) is 12.0. The fraction of sp³-hybridized carbons (Fsp3) is 0.481. The molecule has 1 atom stereocenters. The van der Waals surface area contributed by atoms with E-state index in [9.17, 15) is 26.7 Å². The maximum atomic E-state index is 13.8. The van der Waals surface area contributed by atoms with Crippen LogP contribution >= 0.6 is 11.6 Å². The van der Waals surface area contributed by atoms with Crippen molar-refractivity contribution < 1.29 is 31.5 Å². The Hall–Kier alpha value is -3.16. The number of fused-ring (bicyclic) bond motifs is 1. The summed E-state index contributed by atoms with van der Waals surface area (Å²) in [4.78, 5) is 28.8. The number of nitrogens with zero attached hydrogens (tertiary/aromatic N) is 5. The Balaban J connectivity index is 1.38. The highest BCUT2D eigenvalue weighted by molar-refractivity contribution is 6.35. The predicted octanol–water partition coefficient (Wildman–Crippen LogP) is 5.13. The summed E-state index contributed by atoms with van der Waals surface area (Å²) < 4.78 is 72.3. The third-order valence-corrected chi connectivity index (χ3v) is 7.63. The molecule has 4 heterocycles. The van der Waals surface area contributed by atoms with Crippen LogP contribution in [0.1, 0.15) is 47.1 Å². The lowest BCUT2D eigenvalue weighted by molar-refractivity contribution is -0.145. The van der Waals surface area contributed by atoms with Gasteiger partial charge in [-0.1, -0.05) is 11.6 Å². The van der Waals surface area contributed by atoms with Crippen LogP contribution < -0.4 is 10.2 Å². The fourth-order valence-electron chi connectivity index (χ4n) is 5.10. The van der Waals surface area contributed by atoms with Crippen molar-refractivity contribution in [3.63, 3.8) is 0 Å². The maximum Gasteiger partial charge on any atom is 0.451 e. The van der Waals surface area contributed by atoms with E-state index in [1.54, 1.807) is 23.1 Å². The molecule has 2 aromatic heterocycles. The summed E-state index contributed by atoms with van der Waals surface area (Å²) in [6.07, 6.45) is -2.65. The molecule has 1 N–H and O–H groups in total. The van der Waals surface area contributed by atoms with Crippen molar-refractivity contribution in [2.75, 3.05) is 50.8 Å². The number of likely N-dealkylation sites (tertiary alicyclic amines) is 1. The molecule has 0 aliphatic carbocycles. The second-order valence-electron chi connectivity index (χ2n) is 10.1. The smallest absolute Gasteiger partial charge is 0.380 e. The highest BCUT2D eigenvalue weighted by Gasteiger charge is 2.38. The molecule has 0 saturated carbocycles. The van der Waals surface area contributed by atoms with E-state index in [1.165, 1.54) is 0 Å². The Morgan fingerprint density at radius 2 is 1.78 bits per heavy atom. The fourth-order valence-corrected chi connectivity index (χ4v) is 5.35. The van der Waals surface area contributed by atoms with Crippen LogP contribution in [0.15, 0.2) is 36.7 Å². The molecule has 0 bridgehead atoms. The van der Waals surface area contributed by atoms with Crippen molar-refractivity contribution in [3.05, 3.63) is 58.6 Å². The first kappa shape index (κ1) is 29.3. The Bertz CT molecular complexity index is 1370. The molecule has 220 valence electrons. The van der Waals surface area contributed by atoms with Gasteiger partial charge >= 0.3 is 6.18 Å². The standard InChI is InChI=1S/C27H28ClF5N6O2/c28-19-3-4-20-18(2-5-22(37-20)39-8-1-12-41-13-11-39)23(19)24(40)34-16-21(38-9-6-26(29,30)7-10-38)17-14-35-25(36-15-17)27(31,32)33/h2-5,14-15,21H,1,6-13,16H2,(H,34,40). The van der Waals surface area contributed by atoms with Gasteiger partial charge in [-0.15, -0.1) is 0 Å². The number of aromatic nitrogens is 3. The molecule has 1 unspecified atom stereocenters. The van der Waals surface area contributed by atoms with E-state index >= 15 is 0 Å². The predicted molar refractivity (Wildman–Crippen MR) is 142 cm³/mol. The van der Waals surface area contributed by atoms with Gasteiger partial charge in [0.1, 0.15) is 5.82 Å². The molecule has 41 heavy (non-hydrogen) atoms. The molecule has 2 fully saturated rings. The van der Waals surface area contributed by atoms with E-state index in [0.717, 1.165) is 31.2 Å². The number of pyridine rings is 1. The normalized spacial score (nSPS) is 19.1. The molecule has 0 spiro atoms. The van der Waals surface area contributed by atoms with Crippen molar-refractivity contribution in [3.8, 4) is 0 Å². The molecule has 1 aromatic carbocycles. The Morgan fingerprint density at radius 3 is 2.49 bits per heavy atom. The maximum absolute atomic E-state index is 13.8. The number of amides is 1. The molecular formula is C27H28ClF5N6O2. The van der Waals surface area contributed by atoms with Crippen LogP contribution in [-0.2, 0) is 10.9 Å². The minimum absolute atomic E-state index is 0.0161. The van der Waals surface area contributed by atoms with Crippen LogP contribution in [0.5, 0.6) is 0 Å². The summed E-state index contributed by atoms with van der Waals surface area (Å²) in [6.45, 7) is 2.63. The van der Waals surface area contributed by atoms with Gasteiger partial charge in [-0.25, -0.2) is 23.7 Å². The minimum atomic E-state index is -4.73. The molecule has 8 nitrogen and oxygen atoms in total. The summed E-state index contributed by atoms with van der Waals surface area (Å²) in [7, 11) is 0. The first-order chi connectivity index (χ1) is 19.5. The highest BCUT2D eigenvalue weighted by Crippen LogP contribution is 2.33. The van der Waals surface area contributed by atoms with Gasteiger partial charge in [0.2, 0.25) is 5.82 Å².